The molecule has 0 spiro atoms. The van der Waals surface area contributed by atoms with E-state index in [4.69, 9.17) is 32.7 Å². The van der Waals surface area contributed by atoms with Crippen molar-refractivity contribution in [2.45, 2.75) is 6.61 Å². The van der Waals surface area contributed by atoms with Crippen molar-refractivity contribution in [3.63, 3.8) is 0 Å². The highest BCUT2D eigenvalue weighted by molar-refractivity contribution is 6.36. The molecule has 4 heteroatoms. The van der Waals surface area contributed by atoms with Gasteiger partial charge in [-0.1, -0.05) is 41.4 Å². The Morgan fingerprint density at radius 1 is 0.947 bits per heavy atom. The molecule has 0 aliphatic heterocycles. The van der Waals surface area contributed by atoms with Crippen LogP contribution in [0.1, 0.15) is 5.56 Å². The Bertz CT molecular complexity index is 582. The summed E-state index contributed by atoms with van der Waals surface area (Å²) in [7, 11) is 3.30. The summed E-state index contributed by atoms with van der Waals surface area (Å²) >= 11 is 12.1. The van der Waals surface area contributed by atoms with Gasteiger partial charge >= 0.3 is 0 Å². The number of halogens is 2. The first-order chi connectivity index (χ1) is 9.15. The van der Waals surface area contributed by atoms with Crippen LogP contribution in [0.4, 0.5) is 0 Å². The molecular weight excluding hydrogens is 283 g/mol. The van der Waals surface area contributed by atoms with Gasteiger partial charge in [-0.3, -0.25) is 0 Å². The molecule has 0 aliphatic rings. The van der Waals surface area contributed by atoms with Gasteiger partial charge in [-0.15, -0.1) is 0 Å². The minimum Gasteiger partial charge on any atom is -0.496 e. The molecule has 100 valence electrons. The van der Waals surface area contributed by atoms with Gasteiger partial charge in [-0.25, -0.2) is 0 Å². The predicted molar refractivity (Wildman–Crippen MR) is 79.2 cm³/mol. The number of hydrogen-bond acceptors (Lipinski definition) is 2. The fraction of sp³-hybridized carbons (Fsp3) is 0.200. The summed E-state index contributed by atoms with van der Waals surface area (Å²) in [5.41, 5.74) is 2.88. The van der Waals surface area contributed by atoms with Crippen LogP contribution in [-0.2, 0) is 11.3 Å². The van der Waals surface area contributed by atoms with Crippen molar-refractivity contribution < 1.29 is 9.47 Å². The number of benzene rings is 2. The first-order valence-corrected chi connectivity index (χ1v) is 6.52. The molecule has 0 fully saturated rings. The Labute approximate surface area is 122 Å². The molecule has 0 amide bonds. The molecule has 19 heavy (non-hydrogen) atoms. The van der Waals surface area contributed by atoms with E-state index in [1.165, 1.54) is 0 Å². The molecule has 0 bridgehead atoms. The van der Waals surface area contributed by atoms with Gasteiger partial charge in [-0.2, -0.15) is 0 Å². The summed E-state index contributed by atoms with van der Waals surface area (Å²) < 4.78 is 10.5. The number of ether oxygens (including phenoxy) is 2. The van der Waals surface area contributed by atoms with Crippen LogP contribution in [0.3, 0.4) is 0 Å². The standard InChI is InChI=1S/C15H14Cl2O2/c1-18-9-10-3-5-13(15(7-10)19-2)12-6-4-11(16)8-14(12)17/h3-8H,9H2,1-2H3. The van der Waals surface area contributed by atoms with Gasteiger partial charge in [0.25, 0.3) is 0 Å². The average Bonchev–Trinajstić information content (AvgIpc) is 2.39. The average molecular weight is 297 g/mol. The molecule has 0 atom stereocenters. The van der Waals surface area contributed by atoms with Gasteiger partial charge in [0.1, 0.15) is 5.75 Å². The Morgan fingerprint density at radius 3 is 2.32 bits per heavy atom. The molecule has 0 aromatic heterocycles. The Morgan fingerprint density at radius 2 is 1.68 bits per heavy atom. The second-order valence-electron chi connectivity index (χ2n) is 4.09. The molecular formula is C15H14Cl2O2. The molecule has 2 rings (SSSR count). The summed E-state index contributed by atoms with van der Waals surface area (Å²) in [6.07, 6.45) is 0. The molecule has 0 heterocycles. The zero-order chi connectivity index (χ0) is 13.8. The lowest BCUT2D eigenvalue weighted by Crippen LogP contribution is -1.93. The van der Waals surface area contributed by atoms with E-state index >= 15 is 0 Å². The Balaban J connectivity index is 2.49. The van der Waals surface area contributed by atoms with E-state index in [9.17, 15) is 0 Å². The highest BCUT2D eigenvalue weighted by Gasteiger charge is 2.10. The van der Waals surface area contributed by atoms with E-state index in [-0.39, 0.29) is 0 Å². The van der Waals surface area contributed by atoms with Crippen molar-refractivity contribution in [3.8, 4) is 16.9 Å². The van der Waals surface area contributed by atoms with Crippen LogP contribution in [0, 0.1) is 0 Å². The summed E-state index contributed by atoms with van der Waals surface area (Å²) in [6, 6.07) is 11.3. The molecule has 0 saturated carbocycles. The maximum Gasteiger partial charge on any atom is 0.127 e. The van der Waals surface area contributed by atoms with Crippen molar-refractivity contribution in [1.29, 1.82) is 0 Å². The number of hydrogen-bond donors (Lipinski definition) is 0. The van der Waals surface area contributed by atoms with Gasteiger partial charge in [0.2, 0.25) is 0 Å². The summed E-state index contributed by atoms with van der Waals surface area (Å²) in [4.78, 5) is 0. The third kappa shape index (κ3) is 3.21. The van der Waals surface area contributed by atoms with Crippen molar-refractivity contribution in [3.05, 3.63) is 52.0 Å². The zero-order valence-corrected chi connectivity index (χ0v) is 12.3. The third-order valence-corrected chi connectivity index (χ3v) is 3.35. The molecule has 2 aromatic carbocycles. The second kappa shape index (κ2) is 6.29. The predicted octanol–water partition coefficient (Wildman–Crippen LogP) is 4.82. The molecule has 0 unspecified atom stereocenters. The van der Waals surface area contributed by atoms with Gasteiger partial charge < -0.3 is 9.47 Å². The first kappa shape index (κ1) is 14.2. The second-order valence-corrected chi connectivity index (χ2v) is 4.94. The fourth-order valence-electron chi connectivity index (χ4n) is 1.92. The van der Waals surface area contributed by atoms with Crippen LogP contribution in [0.15, 0.2) is 36.4 Å². The van der Waals surface area contributed by atoms with Gasteiger partial charge in [0, 0.05) is 23.3 Å². The van der Waals surface area contributed by atoms with Crippen LogP contribution in [-0.4, -0.2) is 14.2 Å². The van der Waals surface area contributed by atoms with E-state index in [0.29, 0.717) is 16.7 Å². The molecule has 2 aromatic rings. The minimum absolute atomic E-state index is 0.547. The fourth-order valence-corrected chi connectivity index (χ4v) is 2.43. The first-order valence-electron chi connectivity index (χ1n) is 5.77. The van der Waals surface area contributed by atoms with E-state index in [2.05, 4.69) is 0 Å². The normalized spacial score (nSPS) is 10.5. The smallest absolute Gasteiger partial charge is 0.127 e. The van der Waals surface area contributed by atoms with E-state index in [1.54, 1.807) is 20.3 Å². The molecule has 0 aliphatic carbocycles. The maximum atomic E-state index is 6.23. The topological polar surface area (TPSA) is 18.5 Å². The van der Waals surface area contributed by atoms with Crippen molar-refractivity contribution >= 4 is 23.2 Å². The SMILES string of the molecule is COCc1ccc(-c2ccc(Cl)cc2Cl)c(OC)c1. The van der Waals surface area contributed by atoms with Crippen LogP contribution in [0.2, 0.25) is 10.0 Å². The van der Waals surface area contributed by atoms with Gasteiger partial charge in [-0.05, 0) is 23.8 Å². The molecule has 0 radical (unpaired) electrons. The quantitative estimate of drug-likeness (QED) is 0.806. The summed E-state index contributed by atoms with van der Waals surface area (Å²) in [5, 5.41) is 1.22. The van der Waals surface area contributed by atoms with Crippen molar-refractivity contribution in [2.75, 3.05) is 14.2 Å². The lowest BCUT2D eigenvalue weighted by molar-refractivity contribution is 0.184. The molecule has 0 saturated heterocycles. The molecule has 0 N–H and O–H groups in total. The maximum absolute atomic E-state index is 6.23. The van der Waals surface area contributed by atoms with Gasteiger partial charge in [0.05, 0.1) is 18.7 Å². The minimum atomic E-state index is 0.547. The highest BCUT2D eigenvalue weighted by Crippen LogP contribution is 2.36. The van der Waals surface area contributed by atoms with Crippen LogP contribution in [0.25, 0.3) is 11.1 Å². The van der Waals surface area contributed by atoms with Crippen LogP contribution < -0.4 is 4.74 Å². The molecule has 2 nitrogen and oxygen atoms in total. The highest BCUT2D eigenvalue weighted by atomic mass is 35.5. The summed E-state index contributed by atoms with van der Waals surface area (Å²) in [5.74, 6) is 0.763. The Hall–Kier alpha value is -1.22. The van der Waals surface area contributed by atoms with Crippen molar-refractivity contribution in [2.24, 2.45) is 0 Å². The van der Waals surface area contributed by atoms with Crippen molar-refractivity contribution in [1.82, 2.24) is 0 Å². The Kier molecular flexibility index (Phi) is 4.70. The number of methoxy groups -OCH3 is 2. The number of rotatable bonds is 4. The lowest BCUT2D eigenvalue weighted by Gasteiger charge is -2.12. The van der Waals surface area contributed by atoms with Crippen LogP contribution >= 0.6 is 23.2 Å². The van der Waals surface area contributed by atoms with E-state index < -0.39 is 0 Å². The lowest BCUT2D eigenvalue weighted by atomic mass is 10.0. The van der Waals surface area contributed by atoms with E-state index in [0.717, 1.165) is 22.4 Å². The summed E-state index contributed by atoms with van der Waals surface area (Å²) in [6.45, 7) is 0.547. The third-order valence-electron chi connectivity index (χ3n) is 2.80. The zero-order valence-electron chi connectivity index (χ0n) is 10.7. The van der Waals surface area contributed by atoms with Crippen LogP contribution in [0.5, 0.6) is 5.75 Å². The van der Waals surface area contributed by atoms with E-state index in [1.807, 2.05) is 30.3 Å². The van der Waals surface area contributed by atoms with Gasteiger partial charge in [0.15, 0.2) is 0 Å². The monoisotopic (exact) mass is 296 g/mol. The largest absolute Gasteiger partial charge is 0.496 e.